The molecule has 0 radical (unpaired) electrons. The Balaban J connectivity index is 1.11. The summed E-state index contributed by atoms with van der Waals surface area (Å²) in [6, 6.07) is 19.0. The van der Waals surface area contributed by atoms with Crippen molar-refractivity contribution in [1.29, 1.82) is 0 Å². The zero-order chi connectivity index (χ0) is 35.9. The first-order valence-electron chi connectivity index (χ1n) is 17.7. The Bertz CT molecular complexity index is 2280. The van der Waals surface area contributed by atoms with E-state index in [4.69, 9.17) is 29.0 Å². The number of ether oxygens (including phenoxy) is 2. The Morgan fingerprint density at radius 2 is 1.63 bits per heavy atom. The number of carbonyl (C=O) groups is 1. The number of oxazole rings is 1. The normalized spacial score (nSPS) is 16.8. The van der Waals surface area contributed by atoms with E-state index in [0.717, 1.165) is 65.1 Å². The van der Waals surface area contributed by atoms with Crippen molar-refractivity contribution < 1.29 is 27.5 Å². The van der Waals surface area contributed by atoms with Crippen LogP contribution in [0.25, 0.3) is 50.7 Å². The lowest BCUT2D eigenvalue weighted by molar-refractivity contribution is -0.146. The summed E-state index contributed by atoms with van der Waals surface area (Å²) in [4.78, 5) is 26.4. The van der Waals surface area contributed by atoms with Gasteiger partial charge < -0.3 is 13.9 Å². The average Bonchev–Trinajstić information content (AvgIpc) is 3.96. The Morgan fingerprint density at radius 3 is 2.38 bits per heavy atom. The van der Waals surface area contributed by atoms with Crippen molar-refractivity contribution >= 4 is 22.7 Å². The molecule has 12 heteroatoms. The second kappa shape index (κ2) is 14.1. The quantitative estimate of drug-likeness (QED) is 0.132. The van der Waals surface area contributed by atoms with E-state index in [-0.39, 0.29) is 18.3 Å². The predicted molar refractivity (Wildman–Crippen MR) is 193 cm³/mol. The lowest BCUT2D eigenvalue weighted by atomic mass is 9.91. The van der Waals surface area contributed by atoms with Gasteiger partial charge in [0.05, 0.1) is 7.11 Å². The molecule has 2 aliphatic rings. The molecular weight excluding hydrogens is 666 g/mol. The molecule has 2 saturated heterocycles. The van der Waals surface area contributed by atoms with Gasteiger partial charge in [0.2, 0.25) is 5.89 Å². The fourth-order valence-corrected chi connectivity index (χ4v) is 7.74. The molecule has 1 atom stereocenters. The second-order valence-corrected chi connectivity index (χ2v) is 13.7. The highest BCUT2D eigenvalue weighted by Crippen LogP contribution is 2.38. The molecule has 10 nitrogen and oxygen atoms in total. The van der Waals surface area contributed by atoms with Crippen LogP contribution in [0.3, 0.4) is 0 Å². The number of esters is 1. The number of hydrogen-bond donors (Lipinski definition) is 0. The van der Waals surface area contributed by atoms with Crippen LogP contribution < -0.4 is 4.74 Å². The molecule has 0 unspecified atom stereocenters. The molecule has 0 aliphatic carbocycles. The summed E-state index contributed by atoms with van der Waals surface area (Å²) in [5.41, 5.74) is 9.08. The number of benzene rings is 3. The van der Waals surface area contributed by atoms with E-state index in [0.29, 0.717) is 41.3 Å². The lowest BCUT2D eigenvalue weighted by Gasteiger charge is -2.23. The van der Waals surface area contributed by atoms with E-state index in [1.807, 2.05) is 46.7 Å². The van der Waals surface area contributed by atoms with Crippen molar-refractivity contribution in [3.8, 4) is 39.7 Å². The topological polar surface area (TPSA) is 98.2 Å². The molecule has 268 valence electrons. The van der Waals surface area contributed by atoms with Gasteiger partial charge in [-0.3, -0.25) is 14.6 Å². The maximum atomic E-state index is 13.5. The molecule has 6 aromatic rings. The molecule has 0 spiro atoms. The van der Waals surface area contributed by atoms with E-state index in [1.54, 1.807) is 6.07 Å². The first-order chi connectivity index (χ1) is 25.2. The highest BCUT2D eigenvalue weighted by Gasteiger charge is 2.32. The summed E-state index contributed by atoms with van der Waals surface area (Å²) in [6.07, 6.45) is 6.02. The van der Waals surface area contributed by atoms with Gasteiger partial charge in [0.15, 0.2) is 17.1 Å². The van der Waals surface area contributed by atoms with E-state index in [1.165, 1.54) is 31.6 Å². The number of alkyl halides is 2. The minimum absolute atomic E-state index is 0.0120. The minimum atomic E-state index is -3.03. The summed E-state index contributed by atoms with van der Waals surface area (Å²) >= 11 is 0. The van der Waals surface area contributed by atoms with Crippen LogP contribution in [0, 0.1) is 13.8 Å². The SMILES string of the molecule is COC(=O)[C@@H]1CCCN1Cc1cc2nc(-c3cccc(-c4cccc(-c5nc6ccc(CN7CCCC7)cn6n5)c4C)c3C)oc2cc1OC(F)F. The van der Waals surface area contributed by atoms with Crippen molar-refractivity contribution in [2.24, 2.45) is 0 Å². The number of fused-ring (bicyclic) bond motifs is 2. The first-order valence-corrected chi connectivity index (χ1v) is 17.7. The number of methoxy groups -OCH3 is 1. The molecule has 52 heavy (non-hydrogen) atoms. The molecule has 2 aliphatic heterocycles. The summed E-state index contributed by atoms with van der Waals surface area (Å²) in [5.74, 6) is 0.673. The van der Waals surface area contributed by atoms with Gasteiger partial charge in [-0.15, -0.1) is 5.10 Å². The number of halogens is 2. The number of likely N-dealkylation sites (tertiary alicyclic amines) is 2. The number of rotatable bonds is 10. The van der Waals surface area contributed by atoms with Crippen LogP contribution in [0.15, 0.2) is 71.3 Å². The van der Waals surface area contributed by atoms with Crippen LogP contribution in [0.2, 0.25) is 0 Å². The van der Waals surface area contributed by atoms with Crippen LogP contribution in [-0.2, 0) is 22.6 Å². The molecular formula is C40H40F2N6O4. The second-order valence-electron chi connectivity index (χ2n) is 13.7. The first kappa shape index (κ1) is 33.9. The Labute approximate surface area is 300 Å². The van der Waals surface area contributed by atoms with E-state index < -0.39 is 12.7 Å². The number of hydrogen-bond acceptors (Lipinski definition) is 9. The maximum Gasteiger partial charge on any atom is 0.387 e. The van der Waals surface area contributed by atoms with E-state index >= 15 is 0 Å². The van der Waals surface area contributed by atoms with Gasteiger partial charge in [-0.05, 0) is 105 Å². The van der Waals surface area contributed by atoms with Crippen LogP contribution in [0.1, 0.15) is 47.9 Å². The summed E-state index contributed by atoms with van der Waals surface area (Å²) in [5, 5.41) is 4.89. The summed E-state index contributed by atoms with van der Waals surface area (Å²) in [7, 11) is 1.35. The molecule has 2 fully saturated rings. The van der Waals surface area contributed by atoms with Crippen molar-refractivity contribution in [2.45, 2.75) is 65.3 Å². The molecule has 5 heterocycles. The summed E-state index contributed by atoms with van der Waals surface area (Å²) < 4.78 is 45.1. The van der Waals surface area contributed by atoms with Gasteiger partial charge in [-0.25, -0.2) is 14.5 Å². The van der Waals surface area contributed by atoms with Crippen LogP contribution in [0.5, 0.6) is 5.75 Å². The largest absolute Gasteiger partial charge is 0.468 e. The van der Waals surface area contributed by atoms with Gasteiger partial charge >= 0.3 is 12.6 Å². The van der Waals surface area contributed by atoms with Crippen LogP contribution in [-0.4, -0.2) is 74.7 Å². The Morgan fingerprint density at radius 1 is 0.904 bits per heavy atom. The number of nitrogens with zero attached hydrogens (tertiary/aromatic N) is 6. The minimum Gasteiger partial charge on any atom is -0.468 e. The van der Waals surface area contributed by atoms with Gasteiger partial charge in [-0.2, -0.15) is 8.78 Å². The molecule has 0 amide bonds. The third kappa shape index (κ3) is 6.52. The zero-order valence-corrected chi connectivity index (χ0v) is 29.4. The number of carbonyl (C=O) groups excluding carboxylic acids is 1. The molecule has 3 aromatic carbocycles. The highest BCUT2D eigenvalue weighted by atomic mass is 19.3. The van der Waals surface area contributed by atoms with E-state index in [2.05, 4.69) is 36.2 Å². The Hall–Kier alpha value is -5.20. The van der Waals surface area contributed by atoms with Crippen molar-refractivity contribution in [3.63, 3.8) is 0 Å². The van der Waals surface area contributed by atoms with Crippen molar-refractivity contribution in [1.82, 2.24) is 29.4 Å². The molecule has 0 N–H and O–H groups in total. The third-order valence-corrected chi connectivity index (χ3v) is 10.4. The van der Waals surface area contributed by atoms with Crippen molar-refractivity contribution in [3.05, 3.63) is 89.1 Å². The fraction of sp³-hybridized carbons (Fsp3) is 0.350. The maximum absolute atomic E-state index is 13.5. The molecule has 0 bridgehead atoms. The third-order valence-electron chi connectivity index (χ3n) is 10.4. The van der Waals surface area contributed by atoms with Gasteiger partial charge in [0, 0.05) is 42.0 Å². The molecule has 8 rings (SSSR count). The van der Waals surface area contributed by atoms with Gasteiger partial charge in [0.25, 0.3) is 0 Å². The predicted octanol–water partition coefficient (Wildman–Crippen LogP) is 7.82. The van der Waals surface area contributed by atoms with Gasteiger partial charge in [0.1, 0.15) is 17.3 Å². The van der Waals surface area contributed by atoms with Crippen molar-refractivity contribution in [2.75, 3.05) is 26.7 Å². The number of pyridine rings is 1. The van der Waals surface area contributed by atoms with E-state index in [9.17, 15) is 13.6 Å². The lowest BCUT2D eigenvalue weighted by Crippen LogP contribution is -2.36. The monoisotopic (exact) mass is 706 g/mol. The smallest absolute Gasteiger partial charge is 0.387 e. The van der Waals surface area contributed by atoms with Crippen LogP contribution in [0.4, 0.5) is 8.78 Å². The Kier molecular flexibility index (Phi) is 9.18. The van der Waals surface area contributed by atoms with Gasteiger partial charge in [-0.1, -0.05) is 36.4 Å². The molecule has 0 saturated carbocycles. The average molecular weight is 707 g/mol. The highest BCUT2D eigenvalue weighted by molar-refractivity contribution is 5.84. The molecule has 3 aromatic heterocycles. The van der Waals surface area contributed by atoms with Crippen LogP contribution >= 0.6 is 0 Å². The summed E-state index contributed by atoms with van der Waals surface area (Å²) in [6.45, 7) is 5.12. The fourth-order valence-electron chi connectivity index (χ4n) is 7.74. The zero-order valence-electron chi connectivity index (χ0n) is 29.4. The standard InChI is InChI=1S/C40H40F2N6O4/c1-24-28(9-6-11-30(24)37-44-36-15-14-26(22-48(36)45-37)21-46-16-4-5-17-46)29-10-7-12-31(25(29)2)38-43-32-19-27(34(52-40(41)42)20-35(32)51-38)23-47-18-8-13-33(47)39(49)50-3/h6-7,9-12,14-15,19-20,22,33,40H,4-5,8,13,16-18,21,23H2,1-3H3/t33-/m0/s1. The number of aromatic nitrogens is 4.